The molecule has 1 N–H and O–H groups in total. The lowest BCUT2D eigenvalue weighted by Crippen LogP contribution is -2.45. The van der Waals surface area contributed by atoms with Crippen LogP contribution in [0.1, 0.15) is 5.56 Å². The number of rotatable bonds is 1. The molecule has 2 aromatic rings. The zero-order chi connectivity index (χ0) is 11.7. The van der Waals surface area contributed by atoms with Crippen molar-refractivity contribution in [3.8, 4) is 5.69 Å². The molecule has 0 aromatic carbocycles. The van der Waals surface area contributed by atoms with Crippen molar-refractivity contribution < 1.29 is 4.57 Å². The molecule has 3 nitrogen and oxygen atoms in total. The van der Waals surface area contributed by atoms with Crippen LogP contribution in [0.15, 0.2) is 35.4 Å². The predicted octanol–water partition coefficient (Wildman–Crippen LogP) is -0.219. The molecule has 0 bridgehead atoms. The Kier molecular flexibility index (Phi) is 2.44. The number of aromatic amines is 1. The Bertz CT molecular complexity index is 672. The zero-order valence-electron chi connectivity index (χ0n) is 9.16. The van der Waals surface area contributed by atoms with Gasteiger partial charge in [0.15, 0.2) is 12.4 Å². The first-order valence-corrected chi connectivity index (χ1v) is 4.98. The standard InChI is InChI=1S/C13H12N2O/c1-9-10(2)12(13(16)14-11(9)3)15-7-5-4-6-8-15/h4-8H,1,3H2,2H3/p+1. The van der Waals surface area contributed by atoms with Crippen LogP contribution < -0.4 is 20.7 Å². The van der Waals surface area contributed by atoms with E-state index in [9.17, 15) is 4.79 Å². The van der Waals surface area contributed by atoms with Crippen molar-refractivity contribution in [2.24, 2.45) is 0 Å². The smallest absolute Gasteiger partial charge is 0.317 e. The summed E-state index contributed by atoms with van der Waals surface area (Å²) in [5.41, 5.74) is 1.30. The van der Waals surface area contributed by atoms with E-state index in [4.69, 9.17) is 0 Å². The predicted molar refractivity (Wildman–Crippen MR) is 63.6 cm³/mol. The average Bonchev–Trinajstić information content (AvgIpc) is 2.28. The molecule has 0 aliphatic heterocycles. The van der Waals surface area contributed by atoms with Crippen molar-refractivity contribution in [3.05, 3.63) is 57.1 Å². The minimum Gasteiger partial charge on any atom is -0.317 e. The van der Waals surface area contributed by atoms with Crippen LogP contribution in [0.5, 0.6) is 0 Å². The van der Waals surface area contributed by atoms with Gasteiger partial charge in [0.25, 0.3) is 5.69 Å². The highest BCUT2D eigenvalue weighted by Crippen LogP contribution is 1.92. The van der Waals surface area contributed by atoms with E-state index in [0.29, 0.717) is 11.0 Å². The summed E-state index contributed by atoms with van der Waals surface area (Å²) in [6.45, 7) is 9.53. The first kappa shape index (κ1) is 10.4. The van der Waals surface area contributed by atoms with E-state index in [1.165, 1.54) is 0 Å². The summed E-state index contributed by atoms with van der Waals surface area (Å²) in [6.07, 6.45) is 3.67. The molecule has 0 aliphatic carbocycles. The summed E-state index contributed by atoms with van der Waals surface area (Å²) >= 11 is 0. The van der Waals surface area contributed by atoms with Crippen molar-refractivity contribution >= 4 is 13.2 Å². The molecule has 0 amide bonds. The summed E-state index contributed by atoms with van der Waals surface area (Å²) in [4.78, 5) is 14.6. The molecular formula is C13H13N2O+. The molecule has 0 saturated heterocycles. The van der Waals surface area contributed by atoms with Crippen LogP contribution in [0.4, 0.5) is 0 Å². The van der Waals surface area contributed by atoms with Gasteiger partial charge in [-0.15, -0.1) is 0 Å². The van der Waals surface area contributed by atoms with Crippen molar-refractivity contribution in [1.82, 2.24) is 4.98 Å². The molecule has 0 saturated carbocycles. The van der Waals surface area contributed by atoms with E-state index in [1.807, 2.05) is 37.5 Å². The second kappa shape index (κ2) is 3.77. The Hall–Kier alpha value is -2.16. The molecule has 2 heterocycles. The zero-order valence-corrected chi connectivity index (χ0v) is 9.16. The molecule has 2 rings (SSSR count). The van der Waals surface area contributed by atoms with Gasteiger partial charge in [0.2, 0.25) is 0 Å². The number of hydrogen-bond donors (Lipinski definition) is 1. The third-order valence-corrected chi connectivity index (χ3v) is 2.63. The van der Waals surface area contributed by atoms with Gasteiger partial charge in [-0.25, -0.2) is 0 Å². The van der Waals surface area contributed by atoms with Gasteiger partial charge in [0.05, 0.1) is 0 Å². The van der Waals surface area contributed by atoms with Gasteiger partial charge < -0.3 is 4.98 Å². The largest absolute Gasteiger partial charge is 0.321 e. The maximum atomic E-state index is 11.9. The molecule has 0 fully saturated rings. The van der Waals surface area contributed by atoms with Crippen molar-refractivity contribution in [2.45, 2.75) is 6.92 Å². The molecule has 0 spiro atoms. The summed E-state index contributed by atoms with van der Waals surface area (Å²) in [7, 11) is 0. The Morgan fingerprint density at radius 2 is 1.81 bits per heavy atom. The van der Waals surface area contributed by atoms with Crippen LogP contribution >= 0.6 is 0 Å². The molecule has 0 aliphatic rings. The topological polar surface area (TPSA) is 36.7 Å². The fourth-order valence-corrected chi connectivity index (χ4v) is 1.67. The molecule has 3 heteroatoms. The van der Waals surface area contributed by atoms with Crippen molar-refractivity contribution in [1.29, 1.82) is 0 Å². The molecule has 0 radical (unpaired) electrons. The van der Waals surface area contributed by atoms with Crippen LogP contribution in [-0.2, 0) is 0 Å². The summed E-state index contributed by atoms with van der Waals surface area (Å²) in [6, 6.07) is 5.65. The van der Waals surface area contributed by atoms with Crippen LogP contribution in [0.3, 0.4) is 0 Å². The van der Waals surface area contributed by atoms with E-state index in [2.05, 4.69) is 18.1 Å². The first-order valence-electron chi connectivity index (χ1n) is 4.98. The fraction of sp³-hybridized carbons (Fsp3) is 0.0769. The summed E-state index contributed by atoms with van der Waals surface area (Å²) in [5, 5.41) is 1.34. The monoisotopic (exact) mass is 213 g/mol. The molecule has 16 heavy (non-hydrogen) atoms. The van der Waals surface area contributed by atoms with Gasteiger partial charge in [0.1, 0.15) is 0 Å². The number of nitrogens with zero attached hydrogens (tertiary/aromatic N) is 1. The van der Waals surface area contributed by atoms with Crippen LogP contribution in [0.2, 0.25) is 0 Å². The van der Waals surface area contributed by atoms with Gasteiger partial charge in [-0.2, -0.15) is 4.57 Å². The van der Waals surface area contributed by atoms with E-state index in [-0.39, 0.29) is 5.56 Å². The lowest BCUT2D eigenvalue weighted by molar-refractivity contribution is -0.597. The summed E-state index contributed by atoms with van der Waals surface area (Å²) in [5.74, 6) is 0. The van der Waals surface area contributed by atoms with Gasteiger partial charge >= 0.3 is 5.56 Å². The molecule has 0 unspecified atom stereocenters. The Labute approximate surface area is 93.0 Å². The van der Waals surface area contributed by atoms with Gasteiger partial charge in [-0.1, -0.05) is 19.2 Å². The van der Waals surface area contributed by atoms with E-state index >= 15 is 0 Å². The van der Waals surface area contributed by atoms with Crippen LogP contribution in [0, 0.1) is 6.92 Å². The second-order valence-corrected chi connectivity index (χ2v) is 3.67. The van der Waals surface area contributed by atoms with E-state index in [0.717, 1.165) is 10.8 Å². The Morgan fingerprint density at radius 3 is 2.44 bits per heavy atom. The van der Waals surface area contributed by atoms with Crippen LogP contribution in [0.25, 0.3) is 18.8 Å². The Balaban J connectivity index is 2.87. The van der Waals surface area contributed by atoms with Gasteiger partial charge in [0, 0.05) is 23.0 Å². The molecule has 80 valence electrons. The quantitative estimate of drug-likeness (QED) is 0.653. The fourth-order valence-electron chi connectivity index (χ4n) is 1.67. The highest BCUT2D eigenvalue weighted by molar-refractivity contribution is 5.33. The number of nitrogens with one attached hydrogen (secondary N) is 1. The second-order valence-electron chi connectivity index (χ2n) is 3.67. The number of aromatic nitrogens is 2. The van der Waals surface area contributed by atoms with E-state index in [1.54, 1.807) is 4.57 Å². The van der Waals surface area contributed by atoms with Crippen molar-refractivity contribution in [3.63, 3.8) is 0 Å². The van der Waals surface area contributed by atoms with Crippen LogP contribution in [-0.4, -0.2) is 4.98 Å². The SMILES string of the molecule is C=c1[nH]c(=O)c(-[n+]2ccccc2)c(C)c1=C. The van der Waals surface area contributed by atoms with E-state index < -0.39 is 0 Å². The third-order valence-electron chi connectivity index (χ3n) is 2.63. The number of H-pyrrole nitrogens is 1. The maximum absolute atomic E-state index is 11.9. The highest BCUT2D eigenvalue weighted by atomic mass is 16.1. The van der Waals surface area contributed by atoms with Crippen molar-refractivity contribution in [2.75, 3.05) is 0 Å². The normalized spacial score (nSPS) is 10.3. The lowest BCUT2D eigenvalue weighted by atomic mass is 10.2. The number of hydrogen-bond acceptors (Lipinski definition) is 1. The molecule has 2 aromatic heterocycles. The summed E-state index contributed by atoms with van der Waals surface area (Å²) < 4.78 is 1.78. The van der Waals surface area contributed by atoms with Gasteiger partial charge in [-0.05, 0) is 12.1 Å². The maximum Gasteiger partial charge on any atom is 0.321 e. The molecule has 0 atom stereocenters. The third kappa shape index (κ3) is 1.56. The first-order chi connectivity index (χ1) is 7.61. The van der Waals surface area contributed by atoms with Gasteiger partial charge in [-0.3, -0.25) is 4.79 Å². The molecular weight excluding hydrogens is 200 g/mol. The minimum absolute atomic E-state index is 0.147. The Morgan fingerprint density at radius 1 is 1.19 bits per heavy atom. The average molecular weight is 213 g/mol. The number of pyridine rings is 2. The lowest BCUT2D eigenvalue weighted by Gasteiger charge is -1.99. The minimum atomic E-state index is -0.147. The highest BCUT2D eigenvalue weighted by Gasteiger charge is 2.14.